The maximum atomic E-state index is 4.37. The maximum absolute atomic E-state index is 4.37. The van der Waals surface area contributed by atoms with Gasteiger partial charge >= 0.3 is 0 Å². The van der Waals surface area contributed by atoms with E-state index < -0.39 is 0 Å². The zero-order valence-electron chi connectivity index (χ0n) is 8.82. The lowest BCUT2D eigenvalue weighted by atomic mass is 10.4. The van der Waals surface area contributed by atoms with Crippen molar-refractivity contribution in [2.24, 2.45) is 7.05 Å². The van der Waals surface area contributed by atoms with E-state index >= 15 is 0 Å². The van der Waals surface area contributed by atoms with Crippen LogP contribution < -0.4 is 4.90 Å². The second kappa shape index (κ2) is 3.69. The van der Waals surface area contributed by atoms with E-state index in [1.807, 2.05) is 42.9 Å². The summed E-state index contributed by atoms with van der Waals surface area (Å²) >= 11 is 3.42. The molecule has 0 spiro atoms. The molecule has 0 aliphatic rings. The molecule has 2 aromatic heterocycles. The van der Waals surface area contributed by atoms with Crippen LogP contribution in [0.5, 0.6) is 0 Å². The quantitative estimate of drug-likeness (QED) is 0.902. The Balaban J connectivity index is 2.41. The Labute approximate surface area is 96.2 Å². The van der Waals surface area contributed by atoms with Gasteiger partial charge < -0.3 is 9.47 Å². The fraction of sp³-hybridized carbons (Fsp3) is 0.333. The number of hydrogen-bond acceptors (Lipinski definition) is 3. The van der Waals surface area contributed by atoms with E-state index in [0.717, 1.165) is 16.0 Å². The molecule has 1 N–H and O–H groups in total. The van der Waals surface area contributed by atoms with Gasteiger partial charge in [-0.2, -0.15) is 4.98 Å². The minimum atomic E-state index is 0.683. The zero-order chi connectivity index (χ0) is 11.0. The van der Waals surface area contributed by atoms with Gasteiger partial charge in [0, 0.05) is 31.8 Å². The second-order valence-electron chi connectivity index (χ2n) is 3.53. The molecule has 0 fully saturated rings. The monoisotopic (exact) mass is 269 g/mol. The van der Waals surface area contributed by atoms with E-state index in [4.69, 9.17) is 0 Å². The van der Waals surface area contributed by atoms with Crippen LogP contribution in [-0.2, 0) is 7.05 Å². The van der Waals surface area contributed by atoms with Crippen molar-refractivity contribution in [2.45, 2.75) is 0 Å². The van der Waals surface area contributed by atoms with Gasteiger partial charge in [-0.25, -0.2) is 0 Å². The Morgan fingerprint density at radius 3 is 2.67 bits per heavy atom. The van der Waals surface area contributed by atoms with Gasteiger partial charge in [-0.05, 0) is 22.0 Å². The third-order valence-corrected chi connectivity index (χ3v) is 2.52. The molecule has 0 amide bonds. The molecule has 0 saturated heterocycles. The average Bonchev–Trinajstić information content (AvgIpc) is 2.71. The third-order valence-electron chi connectivity index (χ3n) is 2.09. The highest BCUT2D eigenvalue weighted by atomic mass is 79.9. The molecule has 6 heteroatoms. The van der Waals surface area contributed by atoms with Crippen LogP contribution >= 0.6 is 15.9 Å². The van der Waals surface area contributed by atoms with Crippen LogP contribution in [0, 0.1) is 0 Å². The summed E-state index contributed by atoms with van der Waals surface area (Å²) in [5.74, 6) is 1.45. The average molecular weight is 270 g/mol. The van der Waals surface area contributed by atoms with E-state index in [-0.39, 0.29) is 0 Å². The van der Waals surface area contributed by atoms with Crippen LogP contribution in [0.15, 0.2) is 16.7 Å². The summed E-state index contributed by atoms with van der Waals surface area (Å²) in [4.78, 5) is 6.23. The fourth-order valence-electron chi connectivity index (χ4n) is 1.33. The molecule has 0 unspecified atom stereocenters. The van der Waals surface area contributed by atoms with Gasteiger partial charge in [-0.3, -0.25) is 5.10 Å². The molecule has 5 nitrogen and oxygen atoms in total. The topological polar surface area (TPSA) is 49.7 Å². The van der Waals surface area contributed by atoms with E-state index in [1.54, 1.807) is 0 Å². The van der Waals surface area contributed by atoms with Crippen molar-refractivity contribution < 1.29 is 0 Å². The van der Waals surface area contributed by atoms with Crippen molar-refractivity contribution in [3.63, 3.8) is 0 Å². The van der Waals surface area contributed by atoms with Gasteiger partial charge in [-0.1, -0.05) is 0 Å². The summed E-state index contributed by atoms with van der Waals surface area (Å²) in [5, 5.41) is 7.02. The zero-order valence-corrected chi connectivity index (χ0v) is 10.4. The Kier molecular flexibility index (Phi) is 2.52. The molecular formula is C9H12BrN5. The predicted octanol–water partition coefficient (Wildman–Crippen LogP) is 1.64. The van der Waals surface area contributed by atoms with Crippen LogP contribution in [-0.4, -0.2) is 33.8 Å². The van der Waals surface area contributed by atoms with E-state index in [1.165, 1.54) is 0 Å². The van der Waals surface area contributed by atoms with Crippen LogP contribution in [0.25, 0.3) is 11.5 Å². The summed E-state index contributed by atoms with van der Waals surface area (Å²) in [6, 6.07) is 2.00. The molecule has 2 heterocycles. The molecule has 0 aliphatic heterocycles. The lowest BCUT2D eigenvalue weighted by Gasteiger charge is -2.03. The molecular weight excluding hydrogens is 258 g/mol. The maximum Gasteiger partial charge on any atom is 0.244 e. The van der Waals surface area contributed by atoms with Crippen molar-refractivity contribution in [3.8, 4) is 11.5 Å². The first-order valence-electron chi connectivity index (χ1n) is 4.50. The molecule has 2 aromatic rings. The van der Waals surface area contributed by atoms with Crippen molar-refractivity contribution in [2.75, 3.05) is 19.0 Å². The largest absolute Gasteiger partial charge is 0.347 e. The lowest BCUT2D eigenvalue weighted by molar-refractivity contribution is 0.920. The van der Waals surface area contributed by atoms with Crippen molar-refractivity contribution in [3.05, 3.63) is 16.7 Å². The van der Waals surface area contributed by atoms with Gasteiger partial charge in [0.2, 0.25) is 5.95 Å². The predicted molar refractivity (Wildman–Crippen MR) is 62.8 cm³/mol. The number of nitrogens with one attached hydrogen (secondary N) is 1. The number of aryl methyl sites for hydroxylation is 1. The summed E-state index contributed by atoms with van der Waals surface area (Å²) < 4.78 is 3.02. The first-order valence-corrected chi connectivity index (χ1v) is 5.29. The Hall–Kier alpha value is -1.30. The van der Waals surface area contributed by atoms with Gasteiger partial charge in [0.05, 0.1) is 5.69 Å². The SMILES string of the molecule is CN(C)c1n[nH]c(-c2cc(Br)cn2C)n1. The van der Waals surface area contributed by atoms with Crippen LogP contribution in [0.2, 0.25) is 0 Å². The van der Waals surface area contributed by atoms with Gasteiger partial charge in [0.25, 0.3) is 0 Å². The van der Waals surface area contributed by atoms with E-state index in [2.05, 4.69) is 31.1 Å². The number of hydrogen-bond donors (Lipinski definition) is 1. The summed E-state index contributed by atoms with van der Waals surface area (Å²) in [6.45, 7) is 0. The number of rotatable bonds is 2. The van der Waals surface area contributed by atoms with Crippen molar-refractivity contribution >= 4 is 21.9 Å². The van der Waals surface area contributed by atoms with E-state index in [0.29, 0.717) is 5.95 Å². The van der Waals surface area contributed by atoms with Gasteiger partial charge in [0.1, 0.15) is 0 Å². The molecule has 15 heavy (non-hydrogen) atoms. The van der Waals surface area contributed by atoms with Crippen LogP contribution in [0.3, 0.4) is 0 Å². The first kappa shape index (κ1) is 10.2. The minimum Gasteiger partial charge on any atom is -0.347 e. The summed E-state index contributed by atoms with van der Waals surface area (Å²) in [5.41, 5.74) is 1.00. The highest BCUT2D eigenvalue weighted by Gasteiger charge is 2.10. The van der Waals surface area contributed by atoms with Crippen molar-refractivity contribution in [1.29, 1.82) is 0 Å². The van der Waals surface area contributed by atoms with Gasteiger partial charge in [0.15, 0.2) is 5.82 Å². The summed E-state index contributed by atoms with van der Waals surface area (Å²) in [6.07, 6.45) is 1.98. The fourth-order valence-corrected chi connectivity index (χ4v) is 1.85. The minimum absolute atomic E-state index is 0.683. The molecule has 0 radical (unpaired) electrons. The number of nitrogens with zero attached hydrogens (tertiary/aromatic N) is 4. The molecule has 0 atom stereocenters. The van der Waals surface area contributed by atoms with Gasteiger partial charge in [-0.15, -0.1) is 5.10 Å². The molecule has 80 valence electrons. The normalized spacial score (nSPS) is 10.7. The lowest BCUT2D eigenvalue weighted by Crippen LogP contribution is -2.10. The molecule has 0 saturated carbocycles. The molecule has 2 rings (SSSR count). The highest BCUT2D eigenvalue weighted by Crippen LogP contribution is 2.22. The van der Waals surface area contributed by atoms with Crippen LogP contribution in [0.1, 0.15) is 0 Å². The standard InChI is InChI=1S/C9H12BrN5/c1-14(2)9-11-8(12-13-9)7-4-6(10)5-15(7)3/h4-5H,1-3H3,(H,11,12,13). The molecule has 0 bridgehead atoms. The number of aromatic nitrogens is 4. The Morgan fingerprint density at radius 2 is 2.20 bits per heavy atom. The number of halogens is 1. The second-order valence-corrected chi connectivity index (χ2v) is 4.45. The van der Waals surface area contributed by atoms with E-state index in [9.17, 15) is 0 Å². The Bertz CT molecular complexity index is 471. The van der Waals surface area contributed by atoms with Crippen molar-refractivity contribution in [1.82, 2.24) is 19.7 Å². The number of aromatic amines is 1. The first-order chi connectivity index (χ1) is 7.08. The number of H-pyrrole nitrogens is 1. The number of anilines is 1. The Morgan fingerprint density at radius 1 is 1.47 bits per heavy atom. The third kappa shape index (κ3) is 1.90. The molecule has 0 aromatic carbocycles. The smallest absolute Gasteiger partial charge is 0.244 e. The summed E-state index contributed by atoms with van der Waals surface area (Å²) in [7, 11) is 5.79. The molecule has 0 aliphatic carbocycles. The highest BCUT2D eigenvalue weighted by molar-refractivity contribution is 9.10. The van der Waals surface area contributed by atoms with Crippen LogP contribution in [0.4, 0.5) is 5.95 Å².